The zero-order chi connectivity index (χ0) is 17.1. The number of carbonyl (C=O) groups excluding carboxylic acids is 1. The van der Waals surface area contributed by atoms with E-state index in [0.717, 1.165) is 11.1 Å². The predicted octanol–water partition coefficient (Wildman–Crippen LogP) is 2.99. The van der Waals surface area contributed by atoms with Gasteiger partial charge in [0.1, 0.15) is 0 Å². The second-order valence-corrected chi connectivity index (χ2v) is 5.48. The molecule has 3 N–H and O–H groups in total. The lowest BCUT2D eigenvalue weighted by atomic mass is 10.0. The summed E-state index contributed by atoms with van der Waals surface area (Å²) < 4.78 is 0. The summed E-state index contributed by atoms with van der Waals surface area (Å²) in [7, 11) is 0. The lowest BCUT2D eigenvalue weighted by Gasteiger charge is -2.09. The molecule has 0 unspecified atom stereocenters. The summed E-state index contributed by atoms with van der Waals surface area (Å²) in [5.41, 5.74) is 10.3. The lowest BCUT2D eigenvalue weighted by Crippen LogP contribution is -2.17. The van der Waals surface area contributed by atoms with Crippen molar-refractivity contribution >= 4 is 17.4 Å². The molecule has 2 heterocycles. The Morgan fingerprint density at radius 2 is 1.96 bits per heavy atom. The molecule has 2 aromatic heterocycles. The summed E-state index contributed by atoms with van der Waals surface area (Å²) >= 11 is 0. The molecule has 0 saturated carbocycles. The molecule has 0 aliphatic carbocycles. The quantitative estimate of drug-likeness (QED) is 0.774. The van der Waals surface area contributed by atoms with Gasteiger partial charge < -0.3 is 11.1 Å². The van der Waals surface area contributed by atoms with Crippen molar-refractivity contribution < 1.29 is 4.79 Å². The molecule has 6 heteroatoms. The molecule has 6 nitrogen and oxygen atoms in total. The lowest BCUT2D eigenvalue weighted by molar-refractivity contribution is 0.102. The Kier molecular flexibility index (Phi) is 4.20. The first kappa shape index (κ1) is 15.6. The van der Waals surface area contributed by atoms with Gasteiger partial charge in [-0.1, -0.05) is 12.1 Å². The van der Waals surface area contributed by atoms with Crippen molar-refractivity contribution in [3.8, 4) is 11.3 Å². The zero-order valence-electron chi connectivity index (χ0n) is 13.4. The fourth-order valence-electron chi connectivity index (χ4n) is 2.23. The molecule has 3 rings (SSSR count). The van der Waals surface area contributed by atoms with Gasteiger partial charge in [-0.25, -0.2) is 9.97 Å². The number of nitrogens with one attached hydrogen (secondary N) is 1. The van der Waals surface area contributed by atoms with Gasteiger partial charge in [0.05, 0.1) is 23.8 Å². The second kappa shape index (κ2) is 6.45. The van der Waals surface area contributed by atoms with E-state index >= 15 is 0 Å². The average Bonchev–Trinajstić information content (AvgIpc) is 2.58. The van der Waals surface area contributed by atoms with Crippen LogP contribution in [0.25, 0.3) is 11.3 Å². The van der Waals surface area contributed by atoms with Crippen LogP contribution in [0.2, 0.25) is 0 Å². The van der Waals surface area contributed by atoms with Gasteiger partial charge in [-0.2, -0.15) is 0 Å². The summed E-state index contributed by atoms with van der Waals surface area (Å²) in [6.45, 7) is 4.07. The van der Waals surface area contributed by atoms with Crippen LogP contribution in [0.15, 0.2) is 48.9 Å². The number of aromatic nitrogens is 3. The van der Waals surface area contributed by atoms with Crippen LogP contribution < -0.4 is 11.1 Å². The third-order valence-electron chi connectivity index (χ3n) is 3.74. The molecule has 1 amide bonds. The second-order valence-electron chi connectivity index (χ2n) is 5.48. The first-order chi connectivity index (χ1) is 11.5. The number of aryl methyl sites for hydroxylation is 2. The Labute approximate surface area is 139 Å². The fourth-order valence-corrected chi connectivity index (χ4v) is 2.23. The molecule has 1 aromatic carbocycles. The summed E-state index contributed by atoms with van der Waals surface area (Å²) in [4.78, 5) is 24.9. The van der Waals surface area contributed by atoms with E-state index < -0.39 is 5.91 Å². The van der Waals surface area contributed by atoms with Crippen LogP contribution in [0.5, 0.6) is 0 Å². The normalized spacial score (nSPS) is 10.4. The highest BCUT2D eigenvalue weighted by Gasteiger charge is 2.15. The number of nitrogen functional groups attached to an aromatic ring is 1. The SMILES string of the molecule is Cc1ccc(-c2cnc(N)c(C(=O)Nc3cccnc3)n2)cc1C. The van der Waals surface area contributed by atoms with E-state index in [0.29, 0.717) is 11.4 Å². The summed E-state index contributed by atoms with van der Waals surface area (Å²) in [6, 6.07) is 9.44. The summed E-state index contributed by atoms with van der Waals surface area (Å²) in [5.74, 6) is -0.331. The van der Waals surface area contributed by atoms with Crippen molar-refractivity contribution in [3.63, 3.8) is 0 Å². The Morgan fingerprint density at radius 3 is 2.67 bits per heavy atom. The summed E-state index contributed by atoms with van der Waals surface area (Å²) in [6.07, 6.45) is 4.75. The number of benzene rings is 1. The molecule has 0 aliphatic rings. The van der Waals surface area contributed by atoms with E-state index in [1.807, 2.05) is 32.0 Å². The molecular formula is C18H17N5O. The van der Waals surface area contributed by atoms with Gasteiger partial charge in [0.2, 0.25) is 0 Å². The highest BCUT2D eigenvalue weighted by atomic mass is 16.1. The molecule has 0 bridgehead atoms. The van der Waals surface area contributed by atoms with Crippen molar-refractivity contribution in [2.45, 2.75) is 13.8 Å². The molecule has 3 aromatic rings. The topological polar surface area (TPSA) is 93.8 Å². The van der Waals surface area contributed by atoms with E-state index in [2.05, 4.69) is 20.3 Å². The molecule has 0 spiro atoms. The maximum Gasteiger partial charge on any atom is 0.278 e. The maximum atomic E-state index is 12.4. The van der Waals surface area contributed by atoms with Crippen LogP contribution in [0.4, 0.5) is 11.5 Å². The minimum absolute atomic E-state index is 0.0870. The van der Waals surface area contributed by atoms with Gasteiger partial charge in [0.25, 0.3) is 5.91 Å². The van der Waals surface area contributed by atoms with Crippen LogP contribution >= 0.6 is 0 Å². The number of carbonyl (C=O) groups is 1. The third kappa shape index (κ3) is 3.22. The summed E-state index contributed by atoms with van der Waals surface area (Å²) in [5, 5.41) is 2.71. The van der Waals surface area contributed by atoms with Gasteiger partial charge in [-0.3, -0.25) is 9.78 Å². The van der Waals surface area contributed by atoms with Gasteiger partial charge in [-0.05, 0) is 43.2 Å². The number of anilines is 2. The average molecular weight is 319 g/mol. The number of pyridine rings is 1. The molecule has 0 aliphatic heterocycles. The molecule has 0 atom stereocenters. The number of hydrogen-bond acceptors (Lipinski definition) is 5. The van der Waals surface area contributed by atoms with E-state index in [1.54, 1.807) is 30.7 Å². The van der Waals surface area contributed by atoms with E-state index in [-0.39, 0.29) is 11.5 Å². The van der Waals surface area contributed by atoms with Crippen LogP contribution in [0.3, 0.4) is 0 Å². The zero-order valence-corrected chi connectivity index (χ0v) is 13.4. The Morgan fingerprint density at radius 1 is 1.12 bits per heavy atom. The van der Waals surface area contributed by atoms with Crippen LogP contribution in [-0.2, 0) is 0 Å². The maximum absolute atomic E-state index is 12.4. The number of hydrogen-bond donors (Lipinski definition) is 2. The van der Waals surface area contributed by atoms with E-state index in [1.165, 1.54) is 5.56 Å². The number of rotatable bonds is 3. The van der Waals surface area contributed by atoms with E-state index in [9.17, 15) is 4.79 Å². The molecule has 120 valence electrons. The molecule has 0 fully saturated rings. The van der Waals surface area contributed by atoms with Crippen molar-refractivity contribution in [3.05, 3.63) is 65.7 Å². The Hall–Kier alpha value is -3.28. The van der Waals surface area contributed by atoms with Crippen LogP contribution in [0.1, 0.15) is 21.6 Å². The molecule has 0 saturated heterocycles. The van der Waals surface area contributed by atoms with Crippen LogP contribution in [0, 0.1) is 13.8 Å². The monoisotopic (exact) mass is 319 g/mol. The minimum atomic E-state index is -0.418. The standard InChI is InChI=1S/C18H17N5O/c1-11-5-6-13(8-12(11)2)15-10-21-17(19)16(23-15)18(24)22-14-4-3-7-20-9-14/h3-10H,1-2H3,(H2,19,21)(H,22,24). The predicted molar refractivity (Wildman–Crippen MR) is 93.5 cm³/mol. The van der Waals surface area contributed by atoms with Gasteiger partial charge in [0.15, 0.2) is 11.5 Å². The van der Waals surface area contributed by atoms with Crippen LogP contribution in [-0.4, -0.2) is 20.9 Å². The van der Waals surface area contributed by atoms with Crippen molar-refractivity contribution in [2.24, 2.45) is 0 Å². The fraction of sp³-hybridized carbons (Fsp3) is 0.111. The van der Waals surface area contributed by atoms with Crippen molar-refractivity contribution in [1.82, 2.24) is 15.0 Å². The third-order valence-corrected chi connectivity index (χ3v) is 3.74. The largest absolute Gasteiger partial charge is 0.382 e. The van der Waals surface area contributed by atoms with Gasteiger partial charge in [0, 0.05) is 11.8 Å². The Balaban J connectivity index is 1.94. The van der Waals surface area contributed by atoms with Crippen molar-refractivity contribution in [1.29, 1.82) is 0 Å². The number of nitrogens with two attached hydrogens (primary N) is 1. The van der Waals surface area contributed by atoms with Gasteiger partial charge >= 0.3 is 0 Å². The van der Waals surface area contributed by atoms with Gasteiger partial charge in [-0.15, -0.1) is 0 Å². The molecule has 24 heavy (non-hydrogen) atoms. The number of nitrogens with zero attached hydrogens (tertiary/aromatic N) is 3. The number of amides is 1. The first-order valence-electron chi connectivity index (χ1n) is 7.46. The highest BCUT2D eigenvalue weighted by Crippen LogP contribution is 2.21. The minimum Gasteiger partial charge on any atom is -0.382 e. The van der Waals surface area contributed by atoms with E-state index in [4.69, 9.17) is 5.73 Å². The van der Waals surface area contributed by atoms with Crippen molar-refractivity contribution in [2.75, 3.05) is 11.1 Å². The highest BCUT2D eigenvalue weighted by molar-refractivity contribution is 6.05. The molecular weight excluding hydrogens is 302 g/mol. The molecule has 0 radical (unpaired) electrons. The first-order valence-corrected chi connectivity index (χ1v) is 7.46. The smallest absolute Gasteiger partial charge is 0.278 e. The Bertz CT molecular complexity index is 893.